The Labute approximate surface area is 258 Å². The molecule has 1 saturated heterocycles. The third-order valence-corrected chi connectivity index (χ3v) is 7.52. The second-order valence-corrected chi connectivity index (χ2v) is 10.5. The van der Waals surface area contributed by atoms with Crippen LogP contribution in [0.5, 0.6) is 11.5 Å². The van der Waals surface area contributed by atoms with Crippen molar-refractivity contribution in [1.82, 2.24) is 15.0 Å². The maximum absolute atomic E-state index is 13.9. The molecule has 0 unspecified atom stereocenters. The molecule has 0 bridgehead atoms. The number of phenols is 1. The number of aromatic nitrogens is 2. The highest BCUT2D eigenvalue weighted by Gasteiger charge is 2.24. The second kappa shape index (κ2) is 13.3. The van der Waals surface area contributed by atoms with Gasteiger partial charge in [0.2, 0.25) is 5.95 Å². The zero-order valence-corrected chi connectivity index (χ0v) is 24.4. The van der Waals surface area contributed by atoms with Crippen molar-refractivity contribution in [3.05, 3.63) is 88.2 Å². The number of hydroxylamine groups is 1. The highest BCUT2D eigenvalue weighted by atomic mass is 16.5. The fourth-order valence-electron chi connectivity index (χ4n) is 5.07. The third kappa shape index (κ3) is 6.77. The first-order chi connectivity index (χ1) is 21.7. The minimum Gasteiger partial charge on any atom is -0.507 e. The van der Waals surface area contributed by atoms with Crippen LogP contribution in [0.3, 0.4) is 0 Å². The fourth-order valence-corrected chi connectivity index (χ4v) is 5.07. The molecule has 13 heteroatoms. The average molecular weight is 610 g/mol. The molecular weight excluding hydrogens is 578 g/mol. The van der Waals surface area contributed by atoms with Gasteiger partial charge in [-0.05, 0) is 54.8 Å². The van der Waals surface area contributed by atoms with E-state index < -0.39 is 17.6 Å². The molecule has 3 aromatic carbocycles. The normalized spacial score (nSPS) is 13.2. The van der Waals surface area contributed by atoms with E-state index in [9.17, 15) is 24.8 Å². The smallest absolute Gasteiger partial charge is 0.278 e. The lowest BCUT2D eigenvalue weighted by atomic mass is 9.99. The number of benzene rings is 3. The van der Waals surface area contributed by atoms with E-state index in [1.165, 1.54) is 28.2 Å². The van der Waals surface area contributed by atoms with Crippen LogP contribution in [-0.4, -0.2) is 57.4 Å². The maximum Gasteiger partial charge on any atom is 0.278 e. The Morgan fingerprint density at radius 3 is 2.36 bits per heavy atom. The van der Waals surface area contributed by atoms with Crippen molar-refractivity contribution < 1.29 is 24.6 Å². The van der Waals surface area contributed by atoms with Crippen LogP contribution in [-0.2, 0) is 11.8 Å². The summed E-state index contributed by atoms with van der Waals surface area (Å²) in [5, 5.41) is 30.5. The van der Waals surface area contributed by atoms with Gasteiger partial charge in [0.15, 0.2) is 6.61 Å². The molecule has 230 valence electrons. The largest absolute Gasteiger partial charge is 0.507 e. The second-order valence-electron chi connectivity index (χ2n) is 10.5. The number of aromatic hydroxyl groups is 1. The highest BCUT2D eigenvalue weighted by Crippen LogP contribution is 2.32. The van der Waals surface area contributed by atoms with Gasteiger partial charge >= 0.3 is 0 Å². The quantitative estimate of drug-likeness (QED) is 0.146. The van der Waals surface area contributed by atoms with Crippen molar-refractivity contribution >= 4 is 23.5 Å². The number of phenolic OH excluding ortho intramolecular Hbond substituents is 1. The zero-order chi connectivity index (χ0) is 32.1. The van der Waals surface area contributed by atoms with Crippen molar-refractivity contribution in [2.24, 2.45) is 12.8 Å². The molecule has 1 aliphatic rings. The number of nitrogens with zero attached hydrogens (tertiary/aromatic N) is 4. The molecule has 0 radical (unpaired) electrons. The third-order valence-electron chi connectivity index (χ3n) is 7.52. The molecule has 0 spiro atoms. The van der Waals surface area contributed by atoms with Gasteiger partial charge in [-0.25, -0.2) is 10.5 Å². The molecule has 2 heterocycles. The first kappa shape index (κ1) is 30.7. The Balaban J connectivity index is 1.37. The lowest BCUT2D eigenvalue weighted by molar-refractivity contribution is -0.118. The molecule has 0 saturated carbocycles. The number of rotatable bonds is 8. The predicted octanol–water partition coefficient (Wildman–Crippen LogP) is 2.76. The predicted molar refractivity (Wildman–Crippen MR) is 166 cm³/mol. The Bertz CT molecular complexity index is 1820. The topological polar surface area (TPSA) is 196 Å². The van der Waals surface area contributed by atoms with E-state index in [1.807, 2.05) is 0 Å². The first-order valence-corrected chi connectivity index (χ1v) is 14.1. The van der Waals surface area contributed by atoms with Crippen LogP contribution >= 0.6 is 0 Å². The van der Waals surface area contributed by atoms with Crippen molar-refractivity contribution in [2.45, 2.75) is 18.9 Å². The van der Waals surface area contributed by atoms with E-state index >= 15 is 0 Å². The SMILES string of the molecule is Cn1c(N2CCC(N)CC2)nc(-c2ccc(C#N)cc2)c(-c2ccc(OCC(=O)Nc3ccc(C(=O)NO)c(O)c3)cc2)c1=O. The molecule has 1 aromatic heterocycles. The molecule has 2 amide bonds. The van der Waals surface area contributed by atoms with Crippen LogP contribution in [0.25, 0.3) is 22.4 Å². The number of carbonyl (C=O) groups excluding carboxylic acids is 2. The first-order valence-electron chi connectivity index (χ1n) is 14.1. The number of hydrogen-bond donors (Lipinski definition) is 5. The van der Waals surface area contributed by atoms with Crippen LogP contribution in [0, 0.1) is 11.3 Å². The van der Waals surface area contributed by atoms with Gasteiger partial charge in [-0.3, -0.25) is 24.2 Å². The molecule has 0 atom stereocenters. The van der Waals surface area contributed by atoms with Gasteiger partial charge in [-0.2, -0.15) is 5.26 Å². The van der Waals surface area contributed by atoms with E-state index in [0.29, 0.717) is 52.7 Å². The molecule has 45 heavy (non-hydrogen) atoms. The van der Waals surface area contributed by atoms with Crippen LogP contribution in [0.15, 0.2) is 71.5 Å². The molecule has 5 rings (SSSR count). The summed E-state index contributed by atoms with van der Waals surface area (Å²) >= 11 is 0. The monoisotopic (exact) mass is 609 g/mol. The van der Waals surface area contributed by atoms with Gasteiger partial charge in [0.05, 0.1) is 28.5 Å². The molecule has 0 aliphatic carbocycles. The summed E-state index contributed by atoms with van der Waals surface area (Å²) in [6.07, 6.45) is 1.59. The lowest BCUT2D eigenvalue weighted by Gasteiger charge is -2.32. The Morgan fingerprint density at radius 1 is 1.07 bits per heavy atom. The van der Waals surface area contributed by atoms with Crippen molar-refractivity contribution in [2.75, 3.05) is 29.9 Å². The number of nitrogens with two attached hydrogens (primary N) is 1. The number of nitrogens with one attached hydrogen (secondary N) is 2. The summed E-state index contributed by atoms with van der Waals surface area (Å²) in [5.74, 6) is -0.922. The number of anilines is 2. The van der Waals surface area contributed by atoms with Crippen LogP contribution in [0.1, 0.15) is 28.8 Å². The number of amides is 2. The van der Waals surface area contributed by atoms with Gasteiger partial charge in [-0.1, -0.05) is 24.3 Å². The summed E-state index contributed by atoms with van der Waals surface area (Å²) < 4.78 is 7.16. The highest BCUT2D eigenvalue weighted by molar-refractivity contribution is 5.98. The van der Waals surface area contributed by atoms with Crippen molar-refractivity contribution in [3.8, 4) is 40.0 Å². The fraction of sp³-hybridized carbons (Fsp3) is 0.219. The van der Waals surface area contributed by atoms with Crippen LogP contribution in [0.4, 0.5) is 11.6 Å². The summed E-state index contributed by atoms with van der Waals surface area (Å²) in [4.78, 5) is 44.9. The van der Waals surface area contributed by atoms with E-state index in [1.54, 1.807) is 55.6 Å². The summed E-state index contributed by atoms with van der Waals surface area (Å²) in [6.45, 7) is 1.01. The number of carbonyl (C=O) groups is 2. The minimum absolute atomic E-state index is 0.115. The van der Waals surface area contributed by atoms with Crippen molar-refractivity contribution in [3.63, 3.8) is 0 Å². The zero-order valence-electron chi connectivity index (χ0n) is 24.4. The number of ether oxygens (including phenoxy) is 1. The molecule has 1 fully saturated rings. The maximum atomic E-state index is 13.9. The summed E-state index contributed by atoms with van der Waals surface area (Å²) in [6, 6.07) is 19.6. The van der Waals surface area contributed by atoms with Gasteiger partial charge < -0.3 is 25.8 Å². The lowest BCUT2D eigenvalue weighted by Crippen LogP contribution is -2.42. The Hall–Kier alpha value is -5.71. The molecule has 4 aromatic rings. The van der Waals surface area contributed by atoms with Gasteiger partial charge in [0, 0.05) is 43.5 Å². The molecule has 13 nitrogen and oxygen atoms in total. The van der Waals surface area contributed by atoms with E-state index in [2.05, 4.69) is 16.3 Å². The number of nitriles is 1. The Kier molecular flexibility index (Phi) is 9.08. The van der Waals surface area contributed by atoms with Crippen LogP contribution < -0.4 is 31.7 Å². The van der Waals surface area contributed by atoms with Crippen LogP contribution in [0.2, 0.25) is 0 Å². The van der Waals surface area contributed by atoms with E-state index in [0.717, 1.165) is 12.8 Å². The number of hydrogen-bond acceptors (Lipinski definition) is 10. The number of piperidine rings is 1. The molecule has 1 aliphatic heterocycles. The van der Waals surface area contributed by atoms with Gasteiger partial charge in [-0.15, -0.1) is 0 Å². The van der Waals surface area contributed by atoms with Gasteiger partial charge in [0.25, 0.3) is 17.4 Å². The molecular formula is C32H31N7O6. The van der Waals surface area contributed by atoms with E-state index in [-0.39, 0.29) is 29.5 Å². The standard InChI is InChI=1S/C32H31N7O6/c1-38-31(43)28(29(21-4-2-19(17-33)3-5-21)36-32(38)39-14-12-22(34)13-15-39)20-6-9-24(10-7-20)45-18-27(41)35-23-8-11-25(26(40)16-23)30(42)37-44/h2-11,16,22,40,44H,12-15,18,34H2,1H3,(H,35,41)(H,37,42). The van der Waals surface area contributed by atoms with Gasteiger partial charge in [0.1, 0.15) is 11.5 Å². The average Bonchev–Trinajstić information content (AvgIpc) is 3.05. The molecule has 6 N–H and O–H groups in total. The van der Waals surface area contributed by atoms with E-state index in [4.69, 9.17) is 20.7 Å². The Morgan fingerprint density at radius 2 is 1.73 bits per heavy atom. The summed E-state index contributed by atoms with van der Waals surface area (Å²) in [7, 11) is 1.69. The van der Waals surface area contributed by atoms with Crippen molar-refractivity contribution in [1.29, 1.82) is 5.26 Å². The minimum atomic E-state index is -0.891. The summed E-state index contributed by atoms with van der Waals surface area (Å²) in [5.41, 5.74) is 9.96.